The first-order chi connectivity index (χ1) is 14.5. The molecule has 4 aromatic rings. The van der Waals surface area contributed by atoms with Gasteiger partial charge in [-0.15, -0.1) is 0 Å². The van der Waals surface area contributed by atoms with Crippen LogP contribution >= 0.6 is 11.6 Å². The lowest BCUT2D eigenvalue weighted by atomic mass is 10.0. The molecule has 30 heavy (non-hydrogen) atoms. The van der Waals surface area contributed by atoms with Crippen LogP contribution in [0.2, 0.25) is 5.02 Å². The van der Waals surface area contributed by atoms with Gasteiger partial charge in [-0.2, -0.15) is 0 Å². The Bertz CT molecular complexity index is 1250. The number of aromatic nitrogens is 1. The molecular formula is C24H18ClN3O2. The minimum atomic E-state index is -0.401. The van der Waals surface area contributed by atoms with Gasteiger partial charge in [-0.1, -0.05) is 60.1 Å². The summed E-state index contributed by atoms with van der Waals surface area (Å²) in [4.78, 5) is 28.9. The molecule has 0 atom stereocenters. The number of carbonyl (C=O) groups is 2. The van der Waals surface area contributed by atoms with E-state index in [0.29, 0.717) is 27.5 Å². The van der Waals surface area contributed by atoms with Gasteiger partial charge in [-0.3, -0.25) is 9.59 Å². The number of primary amides is 1. The Morgan fingerprint density at radius 1 is 0.933 bits per heavy atom. The summed E-state index contributed by atoms with van der Waals surface area (Å²) in [5.74, 6) is -0.660. The van der Waals surface area contributed by atoms with Crippen LogP contribution in [-0.2, 0) is 11.2 Å². The molecule has 3 N–H and O–H groups in total. The van der Waals surface area contributed by atoms with Gasteiger partial charge in [-0.25, -0.2) is 4.98 Å². The number of nitrogens with zero attached hydrogens (tertiary/aromatic N) is 1. The van der Waals surface area contributed by atoms with Crippen molar-refractivity contribution in [2.24, 2.45) is 5.73 Å². The van der Waals surface area contributed by atoms with Crippen molar-refractivity contribution in [1.82, 2.24) is 4.98 Å². The highest BCUT2D eigenvalue weighted by atomic mass is 35.5. The molecule has 148 valence electrons. The highest BCUT2D eigenvalue weighted by molar-refractivity contribution is 6.33. The highest BCUT2D eigenvalue weighted by Crippen LogP contribution is 2.30. The summed E-state index contributed by atoms with van der Waals surface area (Å²) in [7, 11) is 0. The van der Waals surface area contributed by atoms with Crippen LogP contribution < -0.4 is 11.1 Å². The minimum Gasteiger partial charge on any atom is -0.369 e. The fraction of sp³-hybridized carbons (Fsp3) is 0.0417. The number of hydrogen-bond acceptors (Lipinski definition) is 3. The Kier molecular flexibility index (Phi) is 5.46. The van der Waals surface area contributed by atoms with E-state index in [1.54, 1.807) is 36.4 Å². The standard InChI is InChI=1S/C24H18ClN3O2/c25-20-7-3-1-6-18(20)22-14-19(17-5-2-4-8-21(17)28-22)24(30)27-16-11-9-15(10-12-16)13-23(26)29/h1-12,14H,13H2,(H2,26,29)(H,27,30). The van der Waals surface area contributed by atoms with E-state index in [2.05, 4.69) is 10.3 Å². The van der Waals surface area contributed by atoms with Crippen molar-refractivity contribution in [2.45, 2.75) is 6.42 Å². The number of pyridine rings is 1. The third kappa shape index (κ3) is 4.16. The lowest BCUT2D eigenvalue weighted by Gasteiger charge is -2.12. The first-order valence-electron chi connectivity index (χ1n) is 9.34. The fourth-order valence-corrected chi connectivity index (χ4v) is 3.51. The Labute approximate surface area is 178 Å². The fourth-order valence-electron chi connectivity index (χ4n) is 3.28. The van der Waals surface area contributed by atoms with Crippen molar-refractivity contribution in [2.75, 3.05) is 5.32 Å². The lowest BCUT2D eigenvalue weighted by Crippen LogP contribution is -2.14. The largest absolute Gasteiger partial charge is 0.369 e. The number of benzene rings is 3. The van der Waals surface area contributed by atoms with E-state index >= 15 is 0 Å². The van der Waals surface area contributed by atoms with Gasteiger partial charge >= 0.3 is 0 Å². The number of halogens is 1. The third-order valence-corrected chi connectivity index (χ3v) is 5.03. The van der Waals surface area contributed by atoms with E-state index in [1.807, 2.05) is 42.5 Å². The Balaban J connectivity index is 1.71. The van der Waals surface area contributed by atoms with E-state index in [9.17, 15) is 9.59 Å². The molecule has 0 aliphatic carbocycles. The Hall–Kier alpha value is -3.70. The Morgan fingerprint density at radius 3 is 2.37 bits per heavy atom. The van der Waals surface area contributed by atoms with Gasteiger partial charge in [-0.05, 0) is 35.9 Å². The number of amides is 2. The van der Waals surface area contributed by atoms with Gasteiger partial charge in [0, 0.05) is 21.7 Å². The normalized spacial score (nSPS) is 10.7. The van der Waals surface area contributed by atoms with E-state index in [-0.39, 0.29) is 12.3 Å². The third-order valence-electron chi connectivity index (χ3n) is 4.70. The molecule has 6 heteroatoms. The first-order valence-corrected chi connectivity index (χ1v) is 9.72. The van der Waals surface area contributed by atoms with Gasteiger partial charge in [0.25, 0.3) is 5.91 Å². The molecule has 0 aliphatic heterocycles. The molecule has 5 nitrogen and oxygen atoms in total. The van der Waals surface area contributed by atoms with Crippen LogP contribution in [0.15, 0.2) is 78.9 Å². The maximum atomic E-state index is 13.1. The van der Waals surface area contributed by atoms with Crippen molar-refractivity contribution in [3.63, 3.8) is 0 Å². The van der Waals surface area contributed by atoms with Crippen molar-refractivity contribution >= 4 is 40.0 Å². The quantitative estimate of drug-likeness (QED) is 0.489. The molecule has 0 bridgehead atoms. The van der Waals surface area contributed by atoms with Crippen LogP contribution in [0.1, 0.15) is 15.9 Å². The second kappa shape index (κ2) is 8.35. The first kappa shape index (κ1) is 19.6. The predicted octanol–water partition coefficient (Wildman–Crippen LogP) is 4.84. The van der Waals surface area contributed by atoms with Crippen molar-refractivity contribution in [3.05, 3.63) is 95.0 Å². The van der Waals surface area contributed by atoms with Crippen LogP contribution in [0.3, 0.4) is 0 Å². The average Bonchev–Trinajstić information content (AvgIpc) is 2.74. The second-order valence-electron chi connectivity index (χ2n) is 6.85. The van der Waals surface area contributed by atoms with E-state index in [0.717, 1.165) is 16.5 Å². The molecule has 0 saturated heterocycles. The van der Waals surface area contributed by atoms with Crippen molar-refractivity contribution < 1.29 is 9.59 Å². The zero-order valence-electron chi connectivity index (χ0n) is 15.9. The summed E-state index contributed by atoms with van der Waals surface area (Å²) in [6, 6.07) is 23.6. The smallest absolute Gasteiger partial charge is 0.256 e. The van der Waals surface area contributed by atoms with Crippen LogP contribution in [0, 0.1) is 0 Å². The highest BCUT2D eigenvalue weighted by Gasteiger charge is 2.15. The number of nitrogens with two attached hydrogens (primary N) is 1. The molecule has 1 heterocycles. The topological polar surface area (TPSA) is 85.1 Å². The minimum absolute atomic E-state index is 0.157. The molecular weight excluding hydrogens is 398 g/mol. The second-order valence-corrected chi connectivity index (χ2v) is 7.25. The van der Waals surface area contributed by atoms with Crippen LogP contribution in [-0.4, -0.2) is 16.8 Å². The molecule has 0 aliphatic rings. The van der Waals surface area contributed by atoms with E-state index < -0.39 is 5.91 Å². The molecule has 1 aromatic heterocycles. The maximum Gasteiger partial charge on any atom is 0.256 e. The molecule has 3 aromatic carbocycles. The number of hydrogen-bond donors (Lipinski definition) is 2. The summed E-state index contributed by atoms with van der Waals surface area (Å²) >= 11 is 6.35. The van der Waals surface area contributed by atoms with Gasteiger partial charge in [0.05, 0.1) is 23.2 Å². The number of rotatable bonds is 5. The maximum absolute atomic E-state index is 13.1. The van der Waals surface area contributed by atoms with Crippen molar-refractivity contribution in [1.29, 1.82) is 0 Å². The summed E-state index contributed by atoms with van der Waals surface area (Å²) in [6.45, 7) is 0. The number of para-hydroxylation sites is 1. The number of carbonyl (C=O) groups excluding carboxylic acids is 2. The van der Waals surface area contributed by atoms with E-state index in [1.165, 1.54) is 0 Å². The molecule has 0 radical (unpaired) electrons. The molecule has 2 amide bonds. The number of anilines is 1. The predicted molar refractivity (Wildman–Crippen MR) is 119 cm³/mol. The molecule has 0 spiro atoms. The monoisotopic (exact) mass is 415 g/mol. The van der Waals surface area contributed by atoms with Gasteiger partial charge in [0.1, 0.15) is 0 Å². The number of fused-ring (bicyclic) bond motifs is 1. The van der Waals surface area contributed by atoms with Crippen LogP contribution in [0.4, 0.5) is 5.69 Å². The Morgan fingerprint density at radius 2 is 1.63 bits per heavy atom. The molecule has 0 unspecified atom stereocenters. The van der Waals surface area contributed by atoms with Gasteiger partial charge in [0.15, 0.2) is 0 Å². The summed E-state index contributed by atoms with van der Waals surface area (Å²) in [5.41, 5.74) is 9.22. The number of nitrogens with one attached hydrogen (secondary N) is 1. The van der Waals surface area contributed by atoms with Crippen LogP contribution in [0.25, 0.3) is 22.2 Å². The summed E-state index contributed by atoms with van der Waals surface area (Å²) in [5, 5.41) is 4.22. The average molecular weight is 416 g/mol. The molecule has 4 rings (SSSR count). The molecule has 0 saturated carbocycles. The zero-order valence-corrected chi connectivity index (χ0v) is 16.7. The van der Waals surface area contributed by atoms with E-state index in [4.69, 9.17) is 17.3 Å². The van der Waals surface area contributed by atoms with Gasteiger partial charge in [0.2, 0.25) is 5.91 Å². The molecule has 0 fully saturated rings. The van der Waals surface area contributed by atoms with Crippen LogP contribution in [0.5, 0.6) is 0 Å². The summed E-state index contributed by atoms with van der Waals surface area (Å²) < 4.78 is 0. The zero-order chi connectivity index (χ0) is 21.1. The van der Waals surface area contributed by atoms with Gasteiger partial charge < -0.3 is 11.1 Å². The SMILES string of the molecule is NC(=O)Cc1ccc(NC(=O)c2cc(-c3ccccc3Cl)nc3ccccc23)cc1. The lowest BCUT2D eigenvalue weighted by molar-refractivity contribution is -0.117. The summed E-state index contributed by atoms with van der Waals surface area (Å²) in [6.07, 6.45) is 0.157. The van der Waals surface area contributed by atoms with Crippen molar-refractivity contribution in [3.8, 4) is 11.3 Å².